The van der Waals surface area contributed by atoms with Crippen LogP contribution in [0.2, 0.25) is 0 Å². The first-order valence-electron chi connectivity index (χ1n) is 9.40. The first-order chi connectivity index (χ1) is 14.9. The fourth-order valence-corrected chi connectivity index (χ4v) is 4.76. The summed E-state index contributed by atoms with van der Waals surface area (Å²) in [5.74, 6) is 0.0900. The molecule has 162 valence electrons. The Kier molecular flexibility index (Phi) is 7.85. The van der Waals surface area contributed by atoms with Crippen molar-refractivity contribution >= 4 is 57.3 Å². The Morgan fingerprint density at radius 1 is 1.26 bits per heavy atom. The van der Waals surface area contributed by atoms with E-state index in [2.05, 4.69) is 15.6 Å². The van der Waals surface area contributed by atoms with E-state index in [0.29, 0.717) is 24.5 Å². The Morgan fingerprint density at radius 2 is 2.03 bits per heavy atom. The van der Waals surface area contributed by atoms with Crippen molar-refractivity contribution in [1.82, 2.24) is 10.3 Å². The molecule has 3 aromatic rings. The number of esters is 1. The van der Waals surface area contributed by atoms with Gasteiger partial charge in [-0.25, -0.2) is 4.98 Å². The molecule has 2 aromatic carbocycles. The van der Waals surface area contributed by atoms with Crippen LogP contribution in [0.25, 0.3) is 10.2 Å². The average Bonchev–Trinajstić information content (AvgIpc) is 3.14. The minimum absolute atomic E-state index is 0.134. The van der Waals surface area contributed by atoms with Crippen molar-refractivity contribution in [2.24, 2.45) is 0 Å². The molecule has 1 unspecified atom stereocenters. The number of amides is 2. The molecule has 0 aliphatic rings. The van der Waals surface area contributed by atoms with Crippen LogP contribution in [-0.2, 0) is 25.5 Å². The lowest BCUT2D eigenvalue weighted by Crippen LogP contribution is -2.41. The summed E-state index contributed by atoms with van der Waals surface area (Å²) in [5, 5.41) is 14.8. The van der Waals surface area contributed by atoms with E-state index >= 15 is 0 Å². The lowest BCUT2D eigenvalue weighted by molar-refractivity contribution is -0.140. The number of aromatic hydroxyl groups is 1. The Labute approximate surface area is 187 Å². The highest BCUT2D eigenvalue weighted by Crippen LogP contribution is 2.31. The molecule has 1 atom stereocenters. The monoisotopic (exact) mass is 459 g/mol. The van der Waals surface area contributed by atoms with Crippen LogP contribution in [0.4, 0.5) is 5.69 Å². The van der Waals surface area contributed by atoms with Crippen molar-refractivity contribution in [3.8, 4) is 5.75 Å². The Bertz CT molecular complexity index is 1070. The van der Waals surface area contributed by atoms with E-state index in [1.807, 2.05) is 12.1 Å². The number of fused-ring (bicyclic) bond motifs is 1. The molecular weight excluding hydrogens is 438 g/mol. The number of phenolic OH excluding ortho intramolecular Hbond substituents is 1. The van der Waals surface area contributed by atoms with Gasteiger partial charge >= 0.3 is 5.97 Å². The van der Waals surface area contributed by atoms with E-state index < -0.39 is 6.04 Å². The van der Waals surface area contributed by atoms with Crippen molar-refractivity contribution in [2.45, 2.75) is 23.7 Å². The number of aromatic nitrogens is 1. The van der Waals surface area contributed by atoms with E-state index in [-0.39, 0.29) is 24.0 Å². The molecule has 0 saturated carbocycles. The molecule has 8 nitrogen and oxygen atoms in total. The number of rotatable bonds is 10. The molecule has 0 saturated heterocycles. The number of nitrogens with zero attached hydrogens (tertiary/aromatic N) is 1. The minimum atomic E-state index is -0.758. The van der Waals surface area contributed by atoms with Gasteiger partial charge in [-0.2, -0.15) is 0 Å². The van der Waals surface area contributed by atoms with Gasteiger partial charge in [-0.3, -0.25) is 14.4 Å². The third-order valence-corrected chi connectivity index (χ3v) is 6.34. The zero-order valence-electron chi connectivity index (χ0n) is 16.7. The summed E-state index contributed by atoms with van der Waals surface area (Å²) < 4.78 is 6.67. The molecule has 0 fully saturated rings. The summed E-state index contributed by atoms with van der Waals surface area (Å²) in [4.78, 5) is 39.0. The van der Waals surface area contributed by atoms with Crippen LogP contribution in [0.5, 0.6) is 5.75 Å². The lowest BCUT2D eigenvalue weighted by atomic mass is 10.1. The van der Waals surface area contributed by atoms with Crippen LogP contribution in [-0.4, -0.2) is 46.8 Å². The van der Waals surface area contributed by atoms with Gasteiger partial charge in [-0.05, 0) is 35.9 Å². The number of hydrogen-bond acceptors (Lipinski definition) is 8. The SMILES string of the molecule is CC(=O)OCCSc1nc2ccc(NC(=O)C(Cc3ccc(O)cc3)NC=O)cc2s1. The summed E-state index contributed by atoms with van der Waals surface area (Å²) in [6.45, 7) is 1.70. The maximum atomic E-state index is 12.7. The number of nitrogens with one attached hydrogen (secondary N) is 2. The average molecular weight is 460 g/mol. The predicted molar refractivity (Wildman–Crippen MR) is 120 cm³/mol. The summed E-state index contributed by atoms with van der Waals surface area (Å²) in [6.07, 6.45) is 0.785. The fraction of sp³-hybridized carbons (Fsp3) is 0.238. The summed E-state index contributed by atoms with van der Waals surface area (Å²) >= 11 is 2.98. The first-order valence-corrected chi connectivity index (χ1v) is 11.2. The highest BCUT2D eigenvalue weighted by atomic mass is 32.2. The van der Waals surface area contributed by atoms with Crippen molar-refractivity contribution in [1.29, 1.82) is 0 Å². The summed E-state index contributed by atoms with van der Waals surface area (Å²) in [6, 6.07) is 11.1. The molecular formula is C21H21N3O5S2. The largest absolute Gasteiger partial charge is 0.508 e. The molecule has 0 aliphatic carbocycles. The van der Waals surface area contributed by atoms with Crippen LogP contribution < -0.4 is 10.6 Å². The number of hydrogen-bond donors (Lipinski definition) is 3. The van der Waals surface area contributed by atoms with Crippen molar-refractivity contribution in [2.75, 3.05) is 17.7 Å². The van der Waals surface area contributed by atoms with Gasteiger partial charge in [0.15, 0.2) is 4.34 Å². The van der Waals surface area contributed by atoms with Gasteiger partial charge in [0.2, 0.25) is 12.3 Å². The van der Waals surface area contributed by atoms with Gasteiger partial charge in [0.1, 0.15) is 18.4 Å². The second-order valence-corrected chi connectivity index (χ2v) is 8.92. The maximum Gasteiger partial charge on any atom is 0.302 e. The van der Waals surface area contributed by atoms with Gasteiger partial charge in [0, 0.05) is 24.8 Å². The Morgan fingerprint density at radius 3 is 2.74 bits per heavy atom. The molecule has 10 heteroatoms. The van der Waals surface area contributed by atoms with Gasteiger partial charge in [-0.1, -0.05) is 23.9 Å². The number of carbonyl (C=O) groups excluding carboxylic acids is 3. The minimum Gasteiger partial charge on any atom is -0.508 e. The predicted octanol–water partition coefficient (Wildman–Crippen LogP) is 2.95. The molecule has 3 rings (SSSR count). The second-order valence-electron chi connectivity index (χ2n) is 6.55. The highest BCUT2D eigenvalue weighted by molar-refractivity contribution is 8.01. The normalized spacial score (nSPS) is 11.6. The van der Waals surface area contributed by atoms with Crippen molar-refractivity contribution in [3.05, 3.63) is 48.0 Å². The number of phenols is 1. The summed E-state index contributed by atoms with van der Waals surface area (Å²) in [5.41, 5.74) is 2.21. The van der Waals surface area contributed by atoms with Crippen LogP contribution in [0, 0.1) is 0 Å². The van der Waals surface area contributed by atoms with E-state index in [4.69, 9.17) is 4.74 Å². The van der Waals surface area contributed by atoms with E-state index in [1.165, 1.54) is 42.2 Å². The number of thioether (sulfide) groups is 1. The zero-order chi connectivity index (χ0) is 22.2. The number of anilines is 1. The van der Waals surface area contributed by atoms with E-state index in [1.54, 1.807) is 18.2 Å². The molecule has 0 spiro atoms. The fourth-order valence-electron chi connectivity index (χ4n) is 2.76. The molecule has 0 bridgehead atoms. The molecule has 2 amide bonds. The zero-order valence-corrected chi connectivity index (χ0v) is 18.3. The Balaban J connectivity index is 1.64. The third kappa shape index (κ3) is 6.69. The van der Waals surface area contributed by atoms with E-state index in [0.717, 1.165) is 20.1 Å². The highest BCUT2D eigenvalue weighted by Gasteiger charge is 2.19. The topological polar surface area (TPSA) is 118 Å². The second kappa shape index (κ2) is 10.8. The first kappa shape index (κ1) is 22.6. The number of ether oxygens (including phenoxy) is 1. The molecule has 0 aliphatic heterocycles. The quantitative estimate of drug-likeness (QED) is 0.185. The molecule has 0 radical (unpaired) electrons. The lowest BCUT2D eigenvalue weighted by Gasteiger charge is -2.16. The van der Waals surface area contributed by atoms with Crippen LogP contribution in [0.1, 0.15) is 12.5 Å². The van der Waals surface area contributed by atoms with Crippen molar-refractivity contribution in [3.63, 3.8) is 0 Å². The van der Waals surface area contributed by atoms with Gasteiger partial charge in [0.05, 0.1) is 10.2 Å². The van der Waals surface area contributed by atoms with Crippen LogP contribution in [0.15, 0.2) is 46.8 Å². The standard InChI is InChI=1S/C21H21N3O5S2/c1-13(26)29-8-9-30-21-24-17-7-4-15(11-19(17)31-21)23-20(28)18(22-12-25)10-14-2-5-16(27)6-3-14/h2-7,11-12,18,27H,8-10H2,1H3,(H,22,25)(H,23,28). The summed E-state index contributed by atoms with van der Waals surface area (Å²) in [7, 11) is 0. The van der Waals surface area contributed by atoms with Gasteiger partial charge in [-0.15, -0.1) is 11.3 Å². The van der Waals surface area contributed by atoms with Crippen molar-refractivity contribution < 1.29 is 24.2 Å². The van der Waals surface area contributed by atoms with Gasteiger partial charge in [0.25, 0.3) is 0 Å². The Hall–Kier alpha value is -3.11. The number of carbonyl (C=O) groups is 3. The molecule has 1 heterocycles. The number of benzene rings is 2. The smallest absolute Gasteiger partial charge is 0.302 e. The maximum absolute atomic E-state index is 12.7. The number of thiazole rings is 1. The molecule has 3 N–H and O–H groups in total. The van der Waals surface area contributed by atoms with Gasteiger partial charge < -0.3 is 20.5 Å². The molecule has 31 heavy (non-hydrogen) atoms. The molecule has 1 aromatic heterocycles. The van der Waals surface area contributed by atoms with Crippen LogP contribution in [0.3, 0.4) is 0 Å². The third-order valence-electron chi connectivity index (χ3n) is 4.21. The van der Waals surface area contributed by atoms with Crippen LogP contribution >= 0.6 is 23.1 Å². The van der Waals surface area contributed by atoms with E-state index in [9.17, 15) is 19.5 Å².